The summed E-state index contributed by atoms with van der Waals surface area (Å²) in [7, 11) is 0. The largest absolute Gasteiger partial charge is 0.370 e. The van der Waals surface area contributed by atoms with Gasteiger partial charge < -0.3 is 4.74 Å². The molecule has 0 saturated carbocycles. The van der Waals surface area contributed by atoms with Crippen molar-refractivity contribution in [3.63, 3.8) is 0 Å². The molecule has 5 rings (SSSR count). The highest BCUT2D eigenvalue weighted by Gasteiger charge is 2.31. The maximum absolute atomic E-state index is 13.5. The van der Waals surface area contributed by atoms with Gasteiger partial charge in [0, 0.05) is 11.3 Å². The molecule has 132 valence electrons. The zero-order chi connectivity index (χ0) is 18.1. The molecule has 0 spiro atoms. The standard InChI is InChI=1S/C19H18N4O2S/c1-11-5-4-6-12(7-11)23-16(24)15-13-8-19(2,3)25-9-14(13)26-17(15)22-10-20-21-18(22)23/h4-7,10H,8-9H2,1-3H3. The first-order valence-corrected chi connectivity index (χ1v) is 9.36. The third-order valence-corrected chi connectivity index (χ3v) is 6.10. The van der Waals surface area contributed by atoms with Crippen LogP contribution in [-0.2, 0) is 17.8 Å². The summed E-state index contributed by atoms with van der Waals surface area (Å²) in [6.45, 7) is 6.68. The third kappa shape index (κ3) is 2.17. The summed E-state index contributed by atoms with van der Waals surface area (Å²) >= 11 is 1.60. The summed E-state index contributed by atoms with van der Waals surface area (Å²) in [6, 6.07) is 7.89. The number of nitrogens with zero attached hydrogens (tertiary/aromatic N) is 4. The first-order valence-electron chi connectivity index (χ1n) is 8.55. The molecule has 0 N–H and O–H groups in total. The van der Waals surface area contributed by atoms with Gasteiger partial charge in [0.05, 0.1) is 23.3 Å². The maximum Gasteiger partial charge on any atom is 0.268 e. The summed E-state index contributed by atoms with van der Waals surface area (Å²) < 4.78 is 9.52. The van der Waals surface area contributed by atoms with Crippen LogP contribution >= 0.6 is 11.3 Å². The van der Waals surface area contributed by atoms with Gasteiger partial charge in [-0.25, -0.2) is 4.57 Å². The van der Waals surface area contributed by atoms with Gasteiger partial charge in [-0.15, -0.1) is 21.5 Å². The summed E-state index contributed by atoms with van der Waals surface area (Å²) in [5, 5.41) is 9.05. The van der Waals surface area contributed by atoms with Gasteiger partial charge >= 0.3 is 0 Å². The van der Waals surface area contributed by atoms with E-state index in [9.17, 15) is 4.79 Å². The molecule has 0 amide bonds. The average Bonchev–Trinajstić information content (AvgIpc) is 3.18. The van der Waals surface area contributed by atoms with E-state index in [4.69, 9.17) is 4.74 Å². The van der Waals surface area contributed by atoms with E-state index >= 15 is 0 Å². The Labute approximate surface area is 153 Å². The minimum absolute atomic E-state index is 0.0405. The number of hydrogen-bond donors (Lipinski definition) is 0. The predicted octanol–water partition coefficient (Wildman–Crippen LogP) is 3.25. The van der Waals surface area contributed by atoms with Crippen molar-refractivity contribution in [1.82, 2.24) is 19.2 Å². The molecule has 3 aromatic heterocycles. The molecule has 0 radical (unpaired) electrons. The van der Waals surface area contributed by atoms with Crippen molar-refractivity contribution in [2.45, 2.75) is 39.4 Å². The molecule has 1 aliphatic rings. The van der Waals surface area contributed by atoms with Crippen LogP contribution in [0.15, 0.2) is 35.4 Å². The van der Waals surface area contributed by atoms with Gasteiger partial charge in [-0.1, -0.05) is 12.1 Å². The van der Waals surface area contributed by atoms with Gasteiger partial charge in [0.1, 0.15) is 11.2 Å². The Morgan fingerprint density at radius 3 is 2.96 bits per heavy atom. The van der Waals surface area contributed by atoms with Gasteiger partial charge in [-0.3, -0.25) is 9.20 Å². The van der Waals surface area contributed by atoms with Gasteiger partial charge in [0.2, 0.25) is 5.78 Å². The normalized spacial score (nSPS) is 16.3. The monoisotopic (exact) mass is 366 g/mol. The number of hydrogen-bond acceptors (Lipinski definition) is 5. The molecule has 0 saturated heterocycles. The highest BCUT2D eigenvalue weighted by molar-refractivity contribution is 7.18. The lowest BCUT2D eigenvalue weighted by molar-refractivity contribution is -0.0379. The Hall–Kier alpha value is -2.51. The number of aromatic nitrogens is 4. The molecule has 0 fully saturated rings. The van der Waals surface area contributed by atoms with Crippen LogP contribution in [0.2, 0.25) is 0 Å². The van der Waals surface area contributed by atoms with Crippen molar-refractivity contribution in [1.29, 1.82) is 0 Å². The van der Waals surface area contributed by atoms with Crippen LogP contribution in [0, 0.1) is 6.92 Å². The molecule has 4 heterocycles. The van der Waals surface area contributed by atoms with E-state index in [0.717, 1.165) is 38.3 Å². The van der Waals surface area contributed by atoms with E-state index in [1.807, 2.05) is 35.6 Å². The highest BCUT2D eigenvalue weighted by atomic mass is 32.1. The number of thiophene rings is 1. The second kappa shape index (κ2) is 5.25. The summed E-state index contributed by atoms with van der Waals surface area (Å²) in [4.78, 5) is 15.6. The predicted molar refractivity (Wildman–Crippen MR) is 101 cm³/mol. The van der Waals surface area contributed by atoms with Gasteiger partial charge in [-0.2, -0.15) is 0 Å². The van der Waals surface area contributed by atoms with Crippen LogP contribution in [0.1, 0.15) is 29.9 Å². The highest BCUT2D eigenvalue weighted by Crippen LogP contribution is 2.37. The van der Waals surface area contributed by atoms with Crippen LogP contribution in [0.4, 0.5) is 0 Å². The molecule has 26 heavy (non-hydrogen) atoms. The quantitative estimate of drug-likeness (QED) is 0.519. The molecule has 6 nitrogen and oxygen atoms in total. The van der Waals surface area contributed by atoms with Crippen LogP contribution in [0.25, 0.3) is 21.7 Å². The lowest BCUT2D eigenvalue weighted by Crippen LogP contribution is -2.32. The Morgan fingerprint density at radius 1 is 1.31 bits per heavy atom. The van der Waals surface area contributed by atoms with E-state index in [2.05, 4.69) is 24.0 Å². The Morgan fingerprint density at radius 2 is 2.15 bits per heavy atom. The Balaban J connectivity index is 1.93. The molecule has 0 bridgehead atoms. The lowest BCUT2D eigenvalue weighted by Gasteiger charge is -2.29. The summed E-state index contributed by atoms with van der Waals surface area (Å²) in [5.74, 6) is 0.534. The number of rotatable bonds is 1. The number of fused-ring (bicyclic) bond motifs is 5. The first kappa shape index (κ1) is 15.7. The zero-order valence-electron chi connectivity index (χ0n) is 14.8. The van der Waals surface area contributed by atoms with Gasteiger partial charge in [0.25, 0.3) is 5.56 Å². The van der Waals surface area contributed by atoms with Crippen molar-refractivity contribution in [2.24, 2.45) is 0 Å². The van der Waals surface area contributed by atoms with E-state index in [0.29, 0.717) is 12.4 Å². The average molecular weight is 366 g/mol. The molecule has 1 aliphatic heterocycles. The molecule has 0 atom stereocenters. The second-order valence-electron chi connectivity index (χ2n) is 7.39. The number of aryl methyl sites for hydroxylation is 1. The van der Waals surface area contributed by atoms with Crippen molar-refractivity contribution in [3.05, 3.63) is 57.0 Å². The minimum atomic E-state index is -0.274. The fourth-order valence-corrected chi connectivity index (χ4v) is 4.84. The zero-order valence-corrected chi connectivity index (χ0v) is 15.6. The lowest BCUT2D eigenvalue weighted by atomic mass is 9.94. The molecule has 0 aliphatic carbocycles. The van der Waals surface area contributed by atoms with Crippen molar-refractivity contribution < 1.29 is 4.74 Å². The molecule has 4 aromatic rings. The fourth-order valence-electron chi connectivity index (χ4n) is 3.66. The molecule has 7 heteroatoms. The number of benzene rings is 1. The van der Waals surface area contributed by atoms with Crippen molar-refractivity contribution >= 4 is 27.3 Å². The van der Waals surface area contributed by atoms with Gasteiger partial charge in [0.15, 0.2) is 0 Å². The molecular formula is C19H18N4O2S. The van der Waals surface area contributed by atoms with E-state index in [-0.39, 0.29) is 11.2 Å². The SMILES string of the molecule is Cc1cccc(-n2c(=O)c3c4c(sc3n3cnnc23)COC(C)(C)C4)c1. The third-order valence-electron chi connectivity index (χ3n) is 4.89. The Bertz CT molecular complexity index is 1230. The van der Waals surface area contributed by atoms with Crippen molar-refractivity contribution in [2.75, 3.05) is 0 Å². The summed E-state index contributed by atoms with van der Waals surface area (Å²) in [5.41, 5.74) is 2.68. The van der Waals surface area contributed by atoms with E-state index in [1.165, 1.54) is 0 Å². The van der Waals surface area contributed by atoms with Gasteiger partial charge in [-0.05, 0) is 44.0 Å². The molecule has 1 aromatic carbocycles. The number of ether oxygens (including phenoxy) is 1. The second-order valence-corrected chi connectivity index (χ2v) is 8.47. The minimum Gasteiger partial charge on any atom is -0.370 e. The van der Waals surface area contributed by atoms with Crippen LogP contribution < -0.4 is 5.56 Å². The molecular weight excluding hydrogens is 348 g/mol. The summed E-state index contributed by atoms with van der Waals surface area (Å²) in [6.07, 6.45) is 2.40. The maximum atomic E-state index is 13.5. The molecule has 0 unspecified atom stereocenters. The topological polar surface area (TPSA) is 61.4 Å². The van der Waals surface area contributed by atoms with Crippen LogP contribution in [-0.4, -0.2) is 24.8 Å². The Kier molecular flexibility index (Phi) is 3.17. The van der Waals surface area contributed by atoms with Crippen LogP contribution in [0.3, 0.4) is 0 Å². The van der Waals surface area contributed by atoms with E-state index < -0.39 is 0 Å². The van der Waals surface area contributed by atoms with Crippen LogP contribution in [0.5, 0.6) is 0 Å². The van der Waals surface area contributed by atoms with Crippen molar-refractivity contribution in [3.8, 4) is 5.69 Å². The first-order chi connectivity index (χ1) is 12.4. The van der Waals surface area contributed by atoms with E-state index in [1.54, 1.807) is 22.2 Å². The fraction of sp³-hybridized carbons (Fsp3) is 0.316. The smallest absolute Gasteiger partial charge is 0.268 e.